The summed E-state index contributed by atoms with van der Waals surface area (Å²) >= 11 is 4.79. The van der Waals surface area contributed by atoms with E-state index in [1.807, 2.05) is 30.9 Å². The van der Waals surface area contributed by atoms with Crippen LogP contribution < -0.4 is 10.2 Å². The molecule has 2 saturated heterocycles. The molecule has 0 unspecified atom stereocenters. The van der Waals surface area contributed by atoms with Crippen molar-refractivity contribution in [1.29, 1.82) is 0 Å². The second-order valence-electron chi connectivity index (χ2n) is 8.70. The average molecular weight is 532 g/mol. The number of aryl methyl sites for hydroxylation is 2. The van der Waals surface area contributed by atoms with E-state index < -0.39 is 27.4 Å². The Bertz CT molecular complexity index is 1030. The molecule has 2 amide bonds. The SMILES string of the molecule is Cc1cc(Br)cc(C)c1N1C(=NC(=O)CNC(=O)OC(C)(C)C)S[C@H]2CS(=O)(=O)C[C@@H]21. The Morgan fingerprint density at radius 1 is 1.26 bits per heavy atom. The molecule has 170 valence electrons. The number of nitrogens with zero attached hydrogens (tertiary/aromatic N) is 2. The Kier molecular flexibility index (Phi) is 6.79. The van der Waals surface area contributed by atoms with E-state index in [0.29, 0.717) is 5.17 Å². The van der Waals surface area contributed by atoms with Gasteiger partial charge in [0.2, 0.25) is 0 Å². The van der Waals surface area contributed by atoms with E-state index in [2.05, 4.69) is 26.2 Å². The summed E-state index contributed by atoms with van der Waals surface area (Å²) in [6.45, 7) is 8.78. The summed E-state index contributed by atoms with van der Waals surface area (Å²) < 4.78 is 30.6. The number of anilines is 1. The molecule has 1 aromatic rings. The number of benzene rings is 1. The maximum Gasteiger partial charge on any atom is 0.408 e. The lowest BCUT2D eigenvalue weighted by molar-refractivity contribution is -0.117. The number of carbonyl (C=O) groups excluding carboxylic acids is 2. The molecule has 2 aliphatic heterocycles. The van der Waals surface area contributed by atoms with Crippen molar-refractivity contribution in [2.45, 2.75) is 51.5 Å². The lowest BCUT2D eigenvalue weighted by Crippen LogP contribution is -2.39. The maximum atomic E-state index is 12.5. The standard InChI is InChI=1S/C20H26BrN3O5S2/c1-11-6-13(21)7-12(2)17(11)24-14-9-31(27,28)10-15(14)30-18(24)23-16(25)8-22-19(26)29-20(3,4)5/h6-7,14-15H,8-10H2,1-5H3,(H,22,26)/t14-,15-/m0/s1. The minimum Gasteiger partial charge on any atom is -0.444 e. The number of sulfone groups is 1. The van der Waals surface area contributed by atoms with Crippen molar-refractivity contribution in [3.63, 3.8) is 0 Å². The molecule has 1 aromatic carbocycles. The molecule has 2 heterocycles. The van der Waals surface area contributed by atoms with E-state index in [0.717, 1.165) is 21.3 Å². The summed E-state index contributed by atoms with van der Waals surface area (Å²) in [5.41, 5.74) is 2.08. The van der Waals surface area contributed by atoms with Crippen LogP contribution in [0.4, 0.5) is 10.5 Å². The molecule has 0 aromatic heterocycles. The molecule has 0 radical (unpaired) electrons. The number of hydrogen-bond acceptors (Lipinski definition) is 6. The summed E-state index contributed by atoms with van der Waals surface area (Å²) in [7, 11) is -3.16. The monoisotopic (exact) mass is 531 g/mol. The fourth-order valence-corrected chi connectivity index (χ4v) is 8.32. The zero-order valence-electron chi connectivity index (χ0n) is 18.1. The molecule has 2 atom stereocenters. The molecule has 0 saturated carbocycles. The lowest BCUT2D eigenvalue weighted by atomic mass is 10.1. The Morgan fingerprint density at radius 3 is 2.45 bits per heavy atom. The molecule has 0 bridgehead atoms. The summed E-state index contributed by atoms with van der Waals surface area (Å²) in [6.07, 6.45) is -0.695. The first-order valence-electron chi connectivity index (χ1n) is 9.77. The van der Waals surface area contributed by atoms with Crippen LogP contribution in [0.1, 0.15) is 31.9 Å². The first-order chi connectivity index (χ1) is 14.3. The molecule has 1 N–H and O–H groups in total. The predicted molar refractivity (Wildman–Crippen MR) is 127 cm³/mol. The lowest BCUT2D eigenvalue weighted by Gasteiger charge is -2.28. The third-order valence-corrected chi connectivity index (χ3v) is 8.43. The summed E-state index contributed by atoms with van der Waals surface area (Å²) in [5.74, 6) is -0.464. The number of nitrogens with one attached hydrogen (secondary N) is 1. The number of amides is 2. The van der Waals surface area contributed by atoms with Crippen LogP contribution >= 0.6 is 27.7 Å². The van der Waals surface area contributed by atoms with Gasteiger partial charge < -0.3 is 15.0 Å². The number of hydrogen-bond donors (Lipinski definition) is 1. The van der Waals surface area contributed by atoms with E-state index in [1.165, 1.54) is 11.8 Å². The Balaban J connectivity index is 1.87. The van der Waals surface area contributed by atoms with Gasteiger partial charge in [0.25, 0.3) is 5.91 Å². The predicted octanol–water partition coefficient (Wildman–Crippen LogP) is 3.19. The van der Waals surface area contributed by atoms with Gasteiger partial charge in [0.15, 0.2) is 15.0 Å². The van der Waals surface area contributed by atoms with Crippen LogP contribution in [0.25, 0.3) is 0 Å². The average Bonchev–Trinajstić information content (AvgIpc) is 3.03. The van der Waals surface area contributed by atoms with Gasteiger partial charge in [-0.15, -0.1) is 0 Å². The van der Waals surface area contributed by atoms with Gasteiger partial charge in [-0.3, -0.25) is 4.79 Å². The van der Waals surface area contributed by atoms with E-state index in [4.69, 9.17) is 4.74 Å². The van der Waals surface area contributed by atoms with Gasteiger partial charge in [0.05, 0.1) is 17.5 Å². The van der Waals surface area contributed by atoms with Crippen molar-refractivity contribution in [1.82, 2.24) is 5.32 Å². The zero-order chi connectivity index (χ0) is 23.1. The number of aliphatic imine (C=N–C) groups is 1. The van der Waals surface area contributed by atoms with E-state index >= 15 is 0 Å². The highest BCUT2D eigenvalue weighted by molar-refractivity contribution is 9.10. The highest BCUT2D eigenvalue weighted by Gasteiger charge is 2.50. The Labute approximate surface area is 195 Å². The summed E-state index contributed by atoms with van der Waals surface area (Å²) in [4.78, 5) is 30.4. The van der Waals surface area contributed by atoms with Gasteiger partial charge in [0, 0.05) is 15.4 Å². The number of fused-ring (bicyclic) bond motifs is 1. The number of halogens is 1. The molecule has 0 spiro atoms. The normalized spacial score (nSPS) is 23.7. The van der Waals surface area contributed by atoms with Crippen molar-refractivity contribution in [2.75, 3.05) is 23.0 Å². The number of rotatable bonds is 3. The number of alkyl carbamates (subject to hydrolysis) is 1. The van der Waals surface area contributed by atoms with E-state index in [1.54, 1.807) is 20.8 Å². The smallest absolute Gasteiger partial charge is 0.408 e. The number of ether oxygens (including phenoxy) is 1. The van der Waals surface area contributed by atoms with Gasteiger partial charge in [-0.25, -0.2) is 13.2 Å². The third-order valence-electron chi connectivity index (χ3n) is 4.77. The molecular formula is C20H26BrN3O5S2. The second-order valence-corrected chi connectivity index (χ2v) is 13.0. The van der Waals surface area contributed by atoms with Crippen LogP contribution in [-0.4, -0.2) is 60.5 Å². The molecule has 11 heteroatoms. The number of amidine groups is 1. The highest BCUT2D eigenvalue weighted by Crippen LogP contribution is 2.43. The fourth-order valence-electron chi connectivity index (χ4n) is 3.72. The quantitative estimate of drug-likeness (QED) is 0.638. The molecule has 2 aliphatic rings. The van der Waals surface area contributed by atoms with Crippen molar-refractivity contribution < 1.29 is 22.7 Å². The highest BCUT2D eigenvalue weighted by atomic mass is 79.9. The van der Waals surface area contributed by atoms with Gasteiger partial charge in [0.1, 0.15) is 12.1 Å². The van der Waals surface area contributed by atoms with Crippen molar-refractivity contribution in [2.24, 2.45) is 4.99 Å². The minimum absolute atomic E-state index is 0.0168. The first kappa shape index (κ1) is 24.1. The van der Waals surface area contributed by atoms with Crippen LogP contribution in [0.15, 0.2) is 21.6 Å². The Hall–Kier alpha value is -1.59. The molecular weight excluding hydrogens is 506 g/mol. The van der Waals surface area contributed by atoms with Crippen LogP contribution in [0.2, 0.25) is 0 Å². The summed E-state index contributed by atoms with van der Waals surface area (Å²) in [6, 6.07) is 3.61. The van der Waals surface area contributed by atoms with Gasteiger partial charge in [-0.05, 0) is 57.9 Å². The third kappa shape index (κ3) is 5.81. The molecule has 0 aliphatic carbocycles. The van der Waals surface area contributed by atoms with Crippen LogP contribution in [0.5, 0.6) is 0 Å². The summed E-state index contributed by atoms with van der Waals surface area (Å²) in [5, 5.41) is 2.67. The molecule has 2 fully saturated rings. The molecule has 3 rings (SSSR count). The van der Waals surface area contributed by atoms with Crippen molar-refractivity contribution in [3.8, 4) is 0 Å². The second kappa shape index (κ2) is 8.74. The van der Waals surface area contributed by atoms with Gasteiger partial charge in [-0.2, -0.15) is 4.99 Å². The number of thioether (sulfide) groups is 1. The van der Waals surface area contributed by atoms with Crippen LogP contribution in [0.3, 0.4) is 0 Å². The van der Waals surface area contributed by atoms with E-state index in [9.17, 15) is 18.0 Å². The topological polar surface area (TPSA) is 105 Å². The maximum absolute atomic E-state index is 12.5. The molecule has 31 heavy (non-hydrogen) atoms. The van der Waals surface area contributed by atoms with Crippen molar-refractivity contribution >= 4 is 60.4 Å². The van der Waals surface area contributed by atoms with Gasteiger partial charge in [-0.1, -0.05) is 27.7 Å². The largest absolute Gasteiger partial charge is 0.444 e. The molecule has 8 nitrogen and oxygen atoms in total. The fraction of sp³-hybridized carbons (Fsp3) is 0.550. The first-order valence-corrected chi connectivity index (χ1v) is 13.3. The van der Waals surface area contributed by atoms with Crippen LogP contribution in [0, 0.1) is 13.8 Å². The Morgan fingerprint density at radius 2 is 1.87 bits per heavy atom. The van der Waals surface area contributed by atoms with Crippen LogP contribution in [-0.2, 0) is 19.4 Å². The zero-order valence-corrected chi connectivity index (χ0v) is 21.3. The van der Waals surface area contributed by atoms with Crippen molar-refractivity contribution in [3.05, 3.63) is 27.7 Å². The minimum atomic E-state index is -3.16. The number of carbonyl (C=O) groups is 2. The van der Waals surface area contributed by atoms with Gasteiger partial charge >= 0.3 is 6.09 Å². The van der Waals surface area contributed by atoms with E-state index in [-0.39, 0.29) is 29.3 Å².